The maximum absolute atomic E-state index is 14.5. The summed E-state index contributed by atoms with van der Waals surface area (Å²) >= 11 is 0. The summed E-state index contributed by atoms with van der Waals surface area (Å²) in [5.74, 6) is -0.849. The van der Waals surface area contributed by atoms with E-state index < -0.39 is 30.9 Å². The van der Waals surface area contributed by atoms with Crippen molar-refractivity contribution in [3.63, 3.8) is 0 Å². The molecule has 0 aliphatic carbocycles. The smallest absolute Gasteiger partial charge is 0.417 e. The number of amides is 2. The van der Waals surface area contributed by atoms with Gasteiger partial charge in [-0.25, -0.2) is 13.6 Å². The number of carbonyl (C=O) groups is 2. The average molecular weight is 355 g/mol. The Labute approximate surface area is 143 Å². The van der Waals surface area contributed by atoms with Gasteiger partial charge >= 0.3 is 6.09 Å². The first-order valence-corrected chi connectivity index (χ1v) is 7.98. The largest absolute Gasteiger partial charge is 0.417 e. The SMILES string of the molecule is CC1[C@H](O)OC(=O)N1c1ccc(N2CCN(CCF)C(=O)C2)c(F)c1. The van der Waals surface area contributed by atoms with Crippen molar-refractivity contribution < 1.29 is 28.2 Å². The van der Waals surface area contributed by atoms with Crippen LogP contribution in [0.2, 0.25) is 0 Å². The summed E-state index contributed by atoms with van der Waals surface area (Å²) in [6.45, 7) is 1.71. The predicted molar refractivity (Wildman–Crippen MR) is 85.6 cm³/mol. The standard InChI is InChI=1S/C16H19F2N3O4/c1-10-15(23)25-16(24)21(10)11-2-3-13(12(18)8-11)20-7-6-19(5-4-17)14(22)9-20/h2-3,8,10,15,23H,4-7,9H2,1H3/t10?,15-/m1/s1. The molecule has 136 valence electrons. The van der Waals surface area contributed by atoms with Crippen LogP contribution in [0, 0.1) is 5.82 Å². The van der Waals surface area contributed by atoms with E-state index in [2.05, 4.69) is 0 Å². The molecular weight excluding hydrogens is 336 g/mol. The number of halogens is 2. The molecule has 2 heterocycles. The lowest BCUT2D eigenvalue weighted by atomic mass is 10.2. The molecular formula is C16H19F2N3O4. The number of cyclic esters (lactones) is 1. The van der Waals surface area contributed by atoms with Crippen LogP contribution in [0.15, 0.2) is 18.2 Å². The molecule has 2 atom stereocenters. The molecule has 1 unspecified atom stereocenters. The highest BCUT2D eigenvalue weighted by Crippen LogP contribution is 2.30. The van der Waals surface area contributed by atoms with E-state index in [4.69, 9.17) is 4.74 Å². The number of benzene rings is 1. The fourth-order valence-corrected chi connectivity index (χ4v) is 3.05. The molecule has 3 rings (SSSR count). The molecule has 2 amide bonds. The van der Waals surface area contributed by atoms with E-state index in [0.717, 1.165) is 0 Å². The summed E-state index contributed by atoms with van der Waals surface area (Å²) in [5, 5.41) is 9.57. The van der Waals surface area contributed by atoms with Gasteiger partial charge in [0.05, 0.1) is 24.0 Å². The molecule has 1 N–H and O–H groups in total. The number of hydrogen-bond donors (Lipinski definition) is 1. The van der Waals surface area contributed by atoms with Gasteiger partial charge in [0.15, 0.2) is 0 Å². The number of anilines is 2. The maximum atomic E-state index is 14.5. The zero-order chi connectivity index (χ0) is 18.1. The Morgan fingerprint density at radius 3 is 2.64 bits per heavy atom. The minimum atomic E-state index is -1.27. The molecule has 2 aliphatic heterocycles. The molecule has 0 bridgehead atoms. The van der Waals surface area contributed by atoms with Crippen LogP contribution in [0.3, 0.4) is 0 Å². The summed E-state index contributed by atoms with van der Waals surface area (Å²) < 4.78 is 31.6. The van der Waals surface area contributed by atoms with Crippen molar-refractivity contribution >= 4 is 23.4 Å². The molecule has 0 radical (unpaired) electrons. The average Bonchev–Trinajstić information content (AvgIpc) is 2.82. The minimum absolute atomic E-state index is 0.0306. The third kappa shape index (κ3) is 3.23. The van der Waals surface area contributed by atoms with Gasteiger partial charge in [-0.1, -0.05) is 0 Å². The molecule has 0 saturated carbocycles. The van der Waals surface area contributed by atoms with Gasteiger partial charge in [-0.15, -0.1) is 0 Å². The Morgan fingerprint density at radius 1 is 1.32 bits per heavy atom. The van der Waals surface area contributed by atoms with Crippen LogP contribution in [0.25, 0.3) is 0 Å². The van der Waals surface area contributed by atoms with Crippen LogP contribution in [-0.2, 0) is 9.53 Å². The summed E-state index contributed by atoms with van der Waals surface area (Å²) in [5.41, 5.74) is 0.496. The quantitative estimate of drug-likeness (QED) is 0.876. The number of nitrogens with zero attached hydrogens (tertiary/aromatic N) is 3. The van der Waals surface area contributed by atoms with Crippen molar-refractivity contribution in [2.24, 2.45) is 0 Å². The predicted octanol–water partition coefficient (Wildman–Crippen LogP) is 1.11. The van der Waals surface area contributed by atoms with Crippen LogP contribution in [0.5, 0.6) is 0 Å². The molecule has 7 nitrogen and oxygen atoms in total. The first kappa shape index (κ1) is 17.4. The summed E-state index contributed by atoms with van der Waals surface area (Å²) in [6, 6.07) is 3.55. The lowest BCUT2D eigenvalue weighted by molar-refractivity contribution is -0.131. The van der Waals surface area contributed by atoms with Crippen LogP contribution >= 0.6 is 0 Å². The van der Waals surface area contributed by atoms with Crippen molar-refractivity contribution in [1.29, 1.82) is 0 Å². The van der Waals surface area contributed by atoms with E-state index in [-0.39, 0.29) is 30.4 Å². The number of carbonyl (C=O) groups excluding carboxylic acids is 2. The number of rotatable bonds is 4. The van der Waals surface area contributed by atoms with E-state index in [1.54, 1.807) is 11.8 Å². The number of ether oxygens (including phenoxy) is 1. The summed E-state index contributed by atoms with van der Waals surface area (Å²) in [6.07, 6.45) is -2.02. The van der Waals surface area contributed by atoms with Crippen LogP contribution in [0.4, 0.5) is 25.0 Å². The third-order valence-electron chi connectivity index (χ3n) is 4.46. The molecule has 2 aliphatic rings. The zero-order valence-electron chi connectivity index (χ0n) is 13.7. The Hall–Kier alpha value is -2.42. The molecule has 2 fully saturated rings. The molecule has 1 aromatic carbocycles. The highest BCUT2D eigenvalue weighted by atomic mass is 19.1. The Balaban J connectivity index is 1.77. The maximum Gasteiger partial charge on any atom is 0.417 e. The van der Waals surface area contributed by atoms with Gasteiger partial charge in [0.2, 0.25) is 12.2 Å². The van der Waals surface area contributed by atoms with Crippen LogP contribution < -0.4 is 9.80 Å². The molecule has 2 saturated heterocycles. The van der Waals surface area contributed by atoms with Gasteiger partial charge in [0, 0.05) is 19.6 Å². The van der Waals surface area contributed by atoms with Gasteiger partial charge in [-0.05, 0) is 25.1 Å². The highest BCUT2D eigenvalue weighted by molar-refractivity contribution is 5.91. The van der Waals surface area contributed by atoms with Gasteiger partial charge in [0.1, 0.15) is 12.5 Å². The molecule has 0 aromatic heterocycles. The second-order valence-corrected chi connectivity index (χ2v) is 6.01. The second-order valence-electron chi connectivity index (χ2n) is 6.01. The Bertz CT molecular complexity index is 687. The summed E-state index contributed by atoms with van der Waals surface area (Å²) in [4.78, 5) is 27.9. The van der Waals surface area contributed by atoms with E-state index in [0.29, 0.717) is 13.1 Å². The lowest BCUT2D eigenvalue weighted by Gasteiger charge is -2.35. The van der Waals surface area contributed by atoms with E-state index in [1.165, 1.54) is 28.0 Å². The van der Waals surface area contributed by atoms with E-state index in [1.807, 2.05) is 0 Å². The lowest BCUT2D eigenvalue weighted by Crippen LogP contribution is -2.51. The van der Waals surface area contributed by atoms with Gasteiger partial charge < -0.3 is 19.6 Å². The third-order valence-corrected chi connectivity index (χ3v) is 4.46. The molecule has 9 heteroatoms. The number of aliphatic hydroxyl groups excluding tert-OH is 1. The van der Waals surface area contributed by atoms with E-state index >= 15 is 0 Å². The van der Waals surface area contributed by atoms with Crippen molar-refractivity contribution in [3.05, 3.63) is 24.0 Å². The Morgan fingerprint density at radius 2 is 2.08 bits per heavy atom. The van der Waals surface area contributed by atoms with Crippen molar-refractivity contribution in [2.75, 3.05) is 42.7 Å². The second kappa shape index (κ2) is 6.83. The highest BCUT2D eigenvalue weighted by Gasteiger charge is 2.39. The fourth-order valence-electron chi connectivity index (χ4n) is 3.05. The first-order valence-electron chi connectivity index (χ1n) is 7.98. The summed E-state index contributed by atoms with van der Waals surface area (Å²) in [7, 11) is 0. The number of piperazine rings is 1. The minimum Gasteiger partial charge on any atom is -0.417 e. The topological polar surface area (TPSA) is 73.3 Å². The molecule has 0 spiro atoms. The van der Waals surface area contributed by atoms with Crippen LogP contribution in [0.1, 0.15) is 6.92 Å². The van der Waals surface area contributed by atoms with E-state index in [9.17, 15) is 23.5 Å². The number of hydrogen-bond acceptors (Lipinski definition) is 5. The van der Waals surface area contributed by atoms with Crippen molar-refractivity contribution in [1.82, 2.24) is 4.90 Å². The Kier molecular flexibility index (Phi) is 4.76. The first-order chi connectivity index (χ1) is 11.9. The van der Waals surface area contributed by atoms with Crippen molar-refractivity contribution in [3.8, 4) is 0 Å². The number of aliphatic hydroxyl groups is 1. The van der Waals surface area contributed by atoms with Gasteiger partial charge in [-0.3, -0.25) is 9.69 Å². The normalized spacial score (nSPS) is 24.1. The van der Waals surface area contributed by atoms with Gasteiger partial charge in [-0.2, -0.15) is 0 Å². The van der Waals surface area contributed by atoms with Gasteiger partial charge in [0.25, 0.3) is 0 Å². The zero-order valence-corrected chi connectivity index (χ0v) is 13.7. The fraction of sp³-hybridized carbons (Fsp3) is 0.500. The molecule has 1 aromatic rings. The molecule has 25 heavy (non-hydrogen) atoms. The monoisotopic (exact) mass is 355 g/mol. The van der Waals surface area contributed by atoms with Crippen LogP contribution in [-0.4, -0.2) is 67.2 Å². The number of alkyl halides is 1. The van der Waals surface area contributed by atoms with Crippen molar-refractivity contribution in [2.45, 2.75) is 19.3 Å².